The molecular weight excluding hydrogens is 590 g/mol. The third-order valence-corrected chi connectivity index (χ3v) is 10.2. The molecule has 1 aromatic heterocycles. The molecule has 0 aromatic carbocycles. The Hall–Kier alpha value is -3.90. The number of carbonyl (C=O) groups is 6. The lowest BCUT2D eigenvalue weighted by atomic mass is 9.84. The summed E-state index contributed by atoms with van der Waals surface area (Å²) >= 11 is 0. The quantitative estimate of drug-likeness (QED) is 0.276. The second kappa shape index (κ2) is 13.4. The zero-order valence-corrected chi connectivity index (χ0v) is 27.4. The number of hydrogen-bond acceptors (Lipinski definition) is 8. The number of nitrogens with one attached hydrogen (secondary N) is 4. The van der Waals surface area contributed by atoms with E-state index < -0.39 is 59.0 Å². The van der Waals surface area contributed by atoms with Crippen molar-refractivity contribution in [1.82, 2.24) is 36.1 Å². The molecular formula is C33H47N7O6. The van der Waals surface area contributed by atoms with Gasteiger partial charge in [-0.15, -0.1) is 0 Å². The zero-order chi connectivity index (χ0) is 33.3. The van der Waals surface area contributed by atoms with Crippen molar-refractivity contribution in [2.75, 3.05) is 6.54 Å². The number of amides is 5. The highest BCUT2D eigenvalue weighted by molar-refractivity contribution is 6.38. The Morgan fingerprint density at radius 3 is 2.41 bits per heavy atom. The van der Waals surface area contributed by atoms with E-state index >= 15 is 0 Å². The van der Waals surface area contributed by atoms with Crippen LogP contribution in [-0.4, -0.2) is 86.9 Å². The van der Waals surface area contributed by atoms with Crippen molar-refractivity contribution in [3.8, 4) is 0 Å². The van der Waals surface area contributed by atoms with E-state index in [-0.39, 0.29) is 35.4 Å². The minimum Gasteiger partial charge on any atom is -0.347 e. The monoisotopic (exact) mass is 637 g/mol. The number of Topliss-reactive ketones (excluding diaryl/α,β-unsaturated/α-hetero) is 1. The summed E-state index contributed by atoms with van der Waals surface area (Å²) in [6, 6.07) is -3.69. The van der Waals surface area contributed by atoms with Crippen LogP contribution in [-0.2, 0) is 24.0 Å². The molecule has 4 N–H and O–H groups in total. The van der Waals surface area contributed by atoms with Crippen molar-refractivity contribution in [2.45, 2.75) is 110 Å². The first kappa shape index (κ1) is 33.5. The number of fused-ring (bicyclic) bond motifs is 1. The summed E-state index contributed by atoms with van der Waals surface area (Å²) in [5, 5.41) is 11.3. The smallest absolute Gasteiger partial charge is 0.289 e. The maximum atomic E-state index is 14.4. The molecule has 0 radical (unpaired) electrons. The van der Waals surface area contributed by atoms with Gasteiger partial charge in [0.15, 0.2) is 0 Å². The van der Waals surface area contributed by atoms with E-state index in [1.165, 1.54) is 18.6 Å². The Kier molecular flexibility index (Phi) is 9.78. The molecule has 4 aliphatic rings. The van der Waals surface area contributed by atoms with Crippen LogP contribution in [0.5, 0.6) is 0 Å². The summed E-state index contributed by atoms with van der Waals surface area (Å²) in [6.07, 6.45) is 9.14. The number of aromatic nitrogens is 2. The zero-order valence-electron chi connectivity index (χ0n) is 27.4. The maximum absolute atomic E-state index is 14.4. The molecule has 1 aromatic rings. The van der Waals surface area contributed by atoms with Gasteiger partial charge in [-0.2, -0.15) is 0 Å². The first-order valence-electron chi connectivity index (χ1n) is 16.6. The lowest BCUT2D eigenvalue weighted by Crippen LogP contribution is -2.62. The Morgan fingerprint density at radius 1 is 1.04 bits per heavy atom. The minimum atomic E-state index is -1.00. The lowest BCUT2D eigenvalue weighted by Gasteiger charge is -2.37. The van der Waals surface area contributed by atoms with Crippen LogP contribution in [0.15, 0.2) is 18.6 Å². The van der Waals surface area contributed by atoms with Crippen LogP contribution in [0.4, 0.5) is 0 Å². The number of carbonyl (C=O) groups excluding carboxylic acids is 6. The summed E-state index contributed by atoms with van der Waals surface area (Å²) in [5.74, 6) is -3.10. The molecule has 2 aliphatic carbocycles. The highest BCUT2D eigenvalue weighted by Gasteiger charge is 2.55. The highest BCUT2D eigenvalue weighted by Crippen LogP contribution is 2.48. The Morgan fingerprint density at radius 2 is 1.78 bits per heavy atom. The van der Waals surface area contributed by atoms with Gasteiger partial charge in [0.25, 0.3) is 11.8 Å². The fraction of sp³-hybridized carbons (Fsp3) is 0.697. The van der Waals surface area contributed by atoms with Crippen LogP contribution < -0.4 is 21.3 Å². The fourth-order valence-corrected chi connectivity index (χ4v) is 7.22. The van der Waals surface area contributed by atoms with Crippen LogP contribution in [0.1, 0.15) is 90.1 Å². The van der Waals surface area contributed by atoms with Gasteiger partial charge in [-0.25, -0.2) is 4.98 Å². The van der Waals surface area contributed by atoms with Crippen molar-refractivity contribution in [1.29, 1.82) is 0 Å². The van der Waals surface area contributed by atoms with Crippen molar-refractivity contribution in [3.63, 3.8) is 0 Å². The molecule has 250 valence electrons. The molecule has 2 bridgehead atoms. The first-order valence-corrected chi connectivity index (χ1v) is 16.6. The third-order valence-electron chi connectivity index (χ3n) is 10.2. The van der Waals surface area contributed by atoms with Crippen LogP contribution in [0, 0.1) is 29.1 Å². The summed E-state index contributed by atoms with van der Waals surface area (Å²) < 4.78 is 0. The summed E-state index contributed by atoms with van der Waals surface area (Å²) in [6.45, 7) is 9.66. The molecule has 5 rings (SSSR count). The van der Waals surface area contributed by atoms with Gasteiger partial charge in [-0.05, 0) is 67.6 Å². The predicted octanol–water partition coefficient (Wildman–Crippen LogP) is 1.13. The molecule has 5 amide bonds. The second-order valence-electron chi connectivity index (χ2n) is 14.7. The van der Waals surface area contributed by atoms with E-state index in [1.807, 2.05) is 34.6 Å². The lowest BCUT2D eigenvalue weighted by molar-refractivity contribution is -0.146. The van der Waals surface area contributed by atoms with Gasteiger partial charge >= 0.3 is 0 Å². The normalized spacial score (nSPS) is 27.6. The van der Waals surface area contributed by atoms with Gasteiger partial charge in [-0.3, -0.25) is 33.8 Å². The van der Waals surface area contributed by atoms with Gasteiger partial charge in [0.05, 0.1) is 12.2 Å². The van der Waals surface area contributed by atoms with Gasteiger partial charge < -0.3 is 26.2 Å². The molecule has 0 spiro atoms. The Balaban J connectivity index is 1.35. The number of rotatable bonds is 10. The van der Waals surface area contributed by atoms with E-state index in [0.717, 1.165) is 32.1 Å². The first-order chi connectivity index (χ1) is 21.8. The number of ketones is 1. The summed E-state index contributed by atoms with van der Waals surface area (Å²) in [5.41, 5.74) is -0.669. The number of nitrogens with zero attached hydrogens (tertiary/aromatic N) is 3. The van der Waals surface area contributed by atoms with Crippen LogP contribution >= 0.6 is 0 Å². The van der Waals surface area contributed by atoms with Crippen molar-refractivity contribution in [2.24, 2.45) is 29.1 Å². The molecule has 46 heavy (non-hydrogen) atoms. The van der Waals surface area contributed by atoms with Crippen molar-refractivity contribution < 1.29 is 28.8 Å². The third kappa shape index (κ3) is 7.23. The minimum absolute atomic E-state index is 0.0213. The van der Waals surface area contributed by atoms with Gasteiger partial charge in [0, 0.05) is 25.0 Å². The van der Waals surface area contributed by atoms with E-state index in [0.29, 0.717) is 25.3 Å². The van der Waals surface area contributed by atoms with Crippen LogP contribution in [0.3, 0.4) is 0 Å². The standard InChI is InChI=1S/C33H47N7O6/c1-6-17(2)24(38-28(42)23-15-34-11-12-35-23)29(43)39-27(33(3,4)5)32(46)40-16-19-13-18-7-10-22(26(41)31(45)36-20-8-9-20)37-30(44)25(40)21(19)14-18/h11-12,15,17-22,24-25,27H,6-10,13-14,16H2,1-5H3,(H,36,45)(H,37,44)(H,38,42)(H,39,43)/t17?,18?,19-,21-,22-,24-,25-,27+/m0/s1. The topological polar surface area (TPSA) is 180 Å². The van der Waals surface area contributed by atoms with Gasteiger partial charge in [0.1, 0.15) is 23.8 Å². The molecule has 8 atom stereocenters. The van der Waals surface area contributed by atoms with Gasteiger partial charge in [-0.1, -0.05) is 41.0 Å². The van der Waals surface area contributed by atoms with E-state index in [2.05, 4.69) is 31.2 Å². The van der Waals surface area contributed by atoms with Crippen LogP contribution in [0.25, 0.3) is 0 Å². The average molecular weight is 638 g/mol. The van der Waals surface area contributed by atoms with E-state index in [1.54, 1.807) is 4.90 Å². The van der Waals surface area contributed by atoms with Crippen molar-refractivity contribution in [3.05, 3.63) is 24.3 Å². The molecule has 3 heterocycles. The predicted molar refractivity (Wildman–Crippen MR) is 167 cm³/mol. The Labute approximate surface area is 269 Å². The summed E-state index contributed by atoms with van der Waals surface area (Å²) in [7, 11) is 0. The summed E-state index contributed by atoms with van der Waals surface area (Å²) in [4.78, 5) is 90.3. The molecule has 2 saturated carbocycles. The molecule has 4 fully saturated rings. The van der Waals surface area contributed by atoms with Crippen molar-refractivity contribution >= 4 is 35.3 Å². The highest BCUT2D eigenvalue weighted by atomic mass is 16.2. The van der Waals surface area contributed by atoms with Crippen LogP contribution in [0.2, 0.25) is 0 Å². The Bertz CT molecular complexity index is 1360. The van der Waals surface area contributed by atoms with Gasteiger partial charge in [0.2, 0.25) is 23.5 Å². The second-order valence-corrected chi connectivity index (χ2v) is 14.7. The van der Waals surface area contributed by atoms with E-state index in [9.17, 15) is 28.8 Å². The number of likely N-dealkylation sites (tertiary alicyclic amines) is 1. The number of hydrogen-bond donors (Lipinski definition) is 4. The molecule has 2 aliphatic heterocycles. The largest absolute Gasteiger partial charge is 0.347 e. The molecule has 2 unspecified atom stereocenters. The molecule has 2 saturated heterocycles. The average Bonchev–Trinajstić information content (AvgIpc) is 3.63. The SMILES string of the molecule is CCC(C)[C@H](NC(=O)c1cnccn1)C(=O)N[C@H](C(=O)N1C[C@@H]2CC3CC[C@@H](C(=O)C(=O)NC4CC4)NC(=O)[C@@H]1[C@H]2C3)C(C)(C)C. The molecule has 13 nitrogen and oxygen atoms in total. The molecule has 13 heteroatoms. The maximum Gasteiger partial charge on any atom is 0.289 e. The van der Waals surface area contributed by atoms with E-state index in [4.69, 9.17) is 0 Å². The fourth-order valence-electron chi connectivity index (χ4n) is 7.22.